The van der Waals surface area contributed by atoms with Crippen LogP contribution in [0.3, 0.4) is 0 Å². The molecule has 1 heterocycles. The molecule has 1 aromatic heterocycles. The first-order valence-electron chi connectivity index (χ1n) is 9.24. The van der Waals surface area contributed by atoms with Gasteiger partial charge >= 0.3 is 11.0 Å². The van der Waals surface area contributed by atoms with Gasteiger partial charge in [-0.2, -0.15) is 13.2 Å². The molecule has 0 aliphatic heterocycles. The number of carbonyl (C=O) groups excluding carboxylic acids is 1. The van der Waals surface area contributed by atoms with E-state index in [2.05, 4.69) is 5.32 Å². The maximum Gasteiger partial charge on any atom is 0.416 e. The normalized spacial score (nSPS) is 11.3. The van der Waals surface area contributed by atoms with E-state index in [1.165, 1.54) is 4.57 Å². The molecule has 0 spiro atoms. The van der Waals surface area contributed by atoms with Gasteiger partial charge in [-0.05, 0) is 56.3 Å². The van der Waals surface area contributed by atoms with Gasteiger partial charge in [-0.3, -0.25) is 14.2 Å². The molecule has 31 heavy (non-hydrogen) atoms. The number of anilines is 1. The molecule has 1 amide bonds. The summed E-state index contributed by atoms with van der Waals surface area (Å²) in [5.41, 5.74) is -0.514. The number of hydrogen-bond acceptors (Lipinski definition) is 5. The number of thiazole rings is 1. The quantitative estimate of drug-likeness (QED) is 0.544. The Hall–Kier alpha value is -3.27. The predicted octanol–water partition coefficient (Wildman–Crippen LogP) is 5.07. The van der Waals surface area contributed by atoms with Crippen molar-refractivity contribution in [2.24, 2.45) is 0 Å². The third kappa shape index (κ3) is 5.66. The molecule has 3 rings (SSSR count). The van der Waals surface area contributed by atoms with E-state index in [1.807, 2.05) is 6.92 Å². The first kappa shape index (κ1) is 22.4. The van der Waals surface area contributed by atoms with Crippen LogP contribution in [0, 0.1) is 6.92 Å². The van der Waals surface area contributed by atoms with Crippen molar-refractivity contribution in [1.82, 2.24) is 4.57 Å². The van der Waals surface area contributed by atoms with E-state index in [0.29, 0.717) is 23.8 Å². The van der Waals surface area contributed by atoms with Gasteiger partial charge in [-0.15, -0.1) is 0 Å². The minimum atomic E-state index is -4.60. The number of hydrogen-bond donors (Lipinski definition) is 1. The van der Waals surface area contributed by atoms with Crippen molar-refractivity contribution in [3.8, 4) is 17.2 Å². The lowest BCUT2D eigenvalue weighted by atomic mass is 10.1. The summed E-state index contributed by atoms with van der Waals surface area (Å²) in [6, 6.07) is 9.32. The molecule has 0 radical (unpaired) electrons. The van der Waals surface area contributed by atoms with Crippen molar-refractivity contribution in [2.75, 3.05) is 11.9 Å². The summed E-state index contributed by atoms with van der Waals surface area (Å²) in [5.74, 6) is 0.343. The van der Waals surface area contributed by atoms with E-state index in [1.54, 1.807) is 36.6 Å². The highest BCUT2D eigenvalue weighted by Gasteiger charge is 2.31. The smallest absolute Gasteiger partial charge is 0.416 e. The van der Waals surface area contributed by atoms with Crippen LogP contribution in [-0.2, 0) is 17.5 Å². The van der Waals surface area contributed by atoms with Gasteiger partial charge in [-0.25, -0.2) is 0 Å². The standard InChI is InChI=1S/C21H19F3N2O4S/c1-3-29-15-5-7-16(8-6-15)30-18-9-4-14(21(22,23)24)10-17(18)25-19(27)11-26-13(2)12-31-20(26)28/h4-10,12H,3,11H2,1-2H3,(H,25,27). The second kappa shape index (κ2) is 9.25. The summed E-state index contributed by atoms with van der Waals surface area (Å²) >= 11 is 0.938. The summed E-state index contributed by atoms with van der Waals surface area (Å²) in [4.78, 5) is 23.9. The fourth-order valence-electron chi connectivity index (χ4n) is 2.72. The van der Waals surface area contributed by atoms with Gasteiger partial charge in [0.2, 0.25) is 5.91 Å². The lowest BCUT2D eigenvalue weighted by Gasteiger charge is -2.16. The van der Waals surface area contributed by atoms with Gasteiger partial charge in [0.25, 0.3) is 0 Å². The van der Waals surface area contributed by atoms with Crippen molar-refractivity contribution in [2.45, 2.75) is 26.6 Å². The Kier molecular flexibility index (Phi) is 6.69. The number of nitrogens with zero attached hydrogens (tertiary/aromatic N) is 1. The van der Waals surface area contributed by atoms with Gasteiger partial charge in [0, 0.05) is 11.1 Å². The second-order valence-electron chi connectivity index (χ2n) is 6.49. The molecule has 0 unspecified atom stereocenters. The largest absolute Gasteiger partial charge is 0.494 e. The highest BCUT2D eigenvalue weighted by molar-refractivity contribution is 7.07. The number of halogens is 3. The van der Waals surface area contributed by atoms with E-state index in [-0.39, 0.29) is 22.9 Å². The van der Waals surface area contributed by atoms with Crippen LogP contribution in [0.15, 0.2) is 52.6 Å². The van der Waals surface area contributed by atoms with Gasteiger partial charge in [0.1, 0.15) is 18.0 Å². The number of benzene rings is 2. The third-order valence-corrected chi connectivity index (χ3v) is 5.10. The first-order valence-corrected chi connectivity index (χ1v) is 10.1. The van der Waals surface area contributed by atoms with Gasteiger partial charge in [0.05, 0.1) is 17.9 Å². The molecule has 0 fully saturated rings. The number of aromatic nitrogens is 1. The molecule has 6 nitrogen and oxygen atoms in total. The van der Waals surface area contributed by atoms with Crippen LogP contribution in [0.4, 0.5) is 18.9 Å². The Balaban J connectivity index is 1.86. The monoisotopic (exact) mass is 452 g/mol. The van der Waals surface area contributed by atoms with Gasteiger partial charge in [-0.1, -0.05) is 11.3 Å². The summed E-state index contributed by atoms with van der Waals surface area (Å²) in [5, 5.41) is 4.02. The first-order chi connectivity index (χ1) is 14.7. The maximum absolute atomic E-state index is 13.2. The molecule has 0 aliphatic rings. The fraction of sp³-hybridized carbons (Fsp3) is 0.238. The molecule has 0 saturated heterocycles. The molecule has 3 aromatic rings. The van der Waals surface area contributed by atoms with Crippen molar-refractivity contribution in [1.29, 1.82) is 0 Å². The predicted molar refractivity (Wildman–Crippen MR) is 111 cm³/mol. The topological polar surface area (TPSA) is 69.6 Å². The average Bonchev–Trinajstić information content (AvgIpc) is 3.02. The van der Waals surface area contributed by atoms with Crippen LogP contribution < -0.4 is 19.7 Å². The summed E-state index contributed by atoms with van der Waals surface area (Å²) < 4.78 is 51.8. The van der Waals surface area contributed by atoms with E-state index in [4.69, 9.17) is 9.47 Å². The van der Waals surface area contributed by atoms with Crippen molar-refractivity contribution < 1.29 is 27.4 Å². The van der Waals surface area contributed by atoms with Crippen LogP contribution in [0.5, 0.6) is 17.2 Å². The zero-order valence-corrected chi connectivity index (χ0v) is 17.5. The van der Waals surface area contributed by atoms with E-state index >= 15 is 0 Å². The molecule has 10 heteroatoms. The molecular formula is C21H19F3N2O4S. The number of nitrogens with one attached hydrogen (secondary N) is 1. The van der Waals surface area contributed by atoms with Gasteiger partial charge < -0.3 is 14.8 Å². The molecule has 0 bridgehead atoms. The molecular weight excluding hydrogens is 433 g/mol. The number of alkyl halides is 3. The SMILES string of the molecule is CCOc1ccc(Oc2ccc(C(F)(F)F)cc2NC(=O)Cn2c(C)csc2=O)cc1. The second-order valence-corrected chi connectivity index (χ2v) is 7.31. The fourth-order valence-corrected chi connectivity index (χ4v) is 3.45. The van der Waals surface area contributed by atoms with Crippen molar-refractivity contribution in [3.05, 3.63) is 68.8 Å². The molecule has 0 atom stereocenters. The maximum atomic E-state index is 13.2. The van der Waals surface area contributed by atoms with Crippen LogP contribution in [0.1, 0.15) is 18.2 Å². The average molecular weight is 452 g/mol. The lowest BCUT2D eigenvalue weighted by Crippen LogP contribution is -2.25. The van der Waals surface area contributed by atoms with Crippen molar-refractivity contribution >= 4 is 22.9 Å². The molecule has 0 aliphatic carbocycles. The zero-order chi connectivity index (χ0) is 22.6. The van der Waals surface area contributed by atoms with Crippen molar-refractivity contribution in [3.63, 3.8) is 0 Å². The zero-order valence-electron chi connectivity index (χ0n) is 16.7. The minimum Gasteiger partial charge on any atom is -0.494 e. The molecule has 0 saturated carbocycles. The molecule has 2 aromatic carbocycles. The summed E-state index contributed by atoms with van der Waals surface area (Å²) in [7, 11) is 0. The highest BCUT2D eigenvalue weighted by atomic mass is 32.1. The number of rotatable bonds is 7. The van der Waals surface area contributed by atoms with Crippen LogP contribution in [-0.4, -0.2) is 17.1 Å². The number of amides is 1. The van der Waals surface area contributed by atoms with Crippen LogP contribution in [0.25, 0.3) is 0 Å². The highest BCUT2D eigenvalue weighted by Crippen LogP contribution is 2.37. The number of ether oxygens (including phenoxy) is 2. The molecule has 1 N–H and O–H groups in total. The summed E-state index contributed by atoms with van der Waals surface area (Å²) in [6.45, 7) is 3.66. The Morgan fingerprint density at radius 3 is 2.39 bits per heavy atom. The summed E-state index contributed by atoms with van der Waals surface area (Å²) in [6.07, 6.45) is -4.60. The lowest BCUT2D eigenvalue weighted by molar-refractivity contribution is -0.137. The van der Waals surface area contributed by atoms with E-state index in [9.17, 15) is 22.8 Å². The minimum absolute atomic E-state index is 0.0277. The third-order valence-electron chi connectivity index (χ3n) is 4.22. The Morgan fingerprint density at radius 1 is 1.13 bits per heavy atom. The van der Waals surface area contributed by atoms with E-state index in [0.717, 1.165) is 29.5 Å². The van der Waals surface area contributed by atoms with Crippen LogP contribution in [0.2, 0.25) is 0 Å². The van der Waals surface area contributed by atoms with E-state index < -0.39 is 17.6 Å². The number of carbonyl (C=O) groups is 1. The number of aryl methyl sites for hydroxylation is 1. The Morgan fingerprint density at radius 2 is 1.81 bits per heavy atom. The van der Waals surface area contributed by atoms with Gasteiger partial charge in [0.15, 0.2) is 5.75 Å². The molecule has 164 valence electrons. The Labute approximate surface area is 179 Å². The Bertz CT molecular complexity index is 1120. The van der Waals surface area contributed by atoms with Crippen LogP contribution >= 0.6 is 11.3 Å².